The van der Waals surface area contributed by atoms with E-state index in [9.17, 15) is 0 Å². The normalized spacial score (nSPS) is 10.6. The van der Waals surface area contributed by atoms with E-state index < -0.39 is 0 Å². The van der Waals surface area contributed by atoms with Crippen molar-refractivity contribution in [1.82, 2.24) is 0 Å². The topological polar surface area (TPSA) is 29.5 Å². The monoisotopic (exact) mass is 266 g/mol. The minimum absolute atomic E-state index is 0.0581. The van der Waals surface area contributed by atoms with Crippen molar-refractivity contribution in [2.24, 2.45) is 0 Å². The summed E-state index contributed by atoms with van der Waals surface area (Å²) in [5.41, 5.74) is 0. The van der Waals surface area contributed by atoms with Gasteiger partial charge in [0.05, 0.1) is 24.8 Å². The van der Waals surface area contributed by atoms with Crippen molar-refractivity contribution in [2.45, 2.75) is 4.90 Å². The lowest BCUT2D eigenvalue weighted by atomic mass is 10.4. The molecule has 0 aromatic heterocycles. The van der Waals surface area contributed by atoms with E-state index in [2.05, 4.69) is 0 Å². The van der Waals surface area contributed by atoms with Crippen molar-refractivity contribution in [3.05, 3.63) is 28.2 Å². The molecule has 0 amide bonds. The number of hydrogen-bond acceptors (Lipinski definition) is 3. The molecule has 0 unspecified atom stereocenters. The second-order valence-electron chi connectivity index (χ2n) is 2.76. The average Bonchev–Trinajstić information content (AvgIpc) is 2.23. The highest BCUT2D eigenvalue weighted by molar-refractivity contribution is 7.99. The zero-order chi connectivity index (χ0) is 11.1. The molecule has 84 valence electrons. The van der Waals surface area contributed by atoms with Crippen LogP contribution in [0.5, 0.6) is 0 Å². The van der Waals surface area contributed by atoms with E-state index in [0.29, 0.717) is 23.3 Å². The molecule has 0 aliphatic carbocycles. The van der Waals surface area contributed by atoms with E-state index in [1.54, 1.807) is 23.9 Å². The molecule has 2 nitrogen and oxygen atoms in total. The van der Waals surface area contributed by atoms with Crippen LogP contribution in [0.4, 0.5) is 0 Å². The Balaban J connectivity index is 2.33. The number of benzene rings is 1. The van der Waals surface area contributed by atoms with E-state index in [0.717, 1.165) is 10.6 Å². The number of aliphatic hydroxyl groups is 1. The van der Waals surface area contributed by atoms with Crippen LogP contribution in [0.2, 0.25) is 10.0 Å². The summed E-state index contributed by atoms with van der Waals surface area (Å²) < 4.78 is 5.13. The molecule has 5 heteroatoms. The highest BCUT2D eigenvalue weighted by Gasteiger charge is 2.01. The molecule has 0 saturated heterocycles. The molecule has 1 rings (SSSR count). The van der Waals surface area contributed by atoms with Gasteiger partial charge in [-0.25, -0.2) is 0 Å². The lowest BCUT2D eigenvalue weighted by Crippen LogP contribution is -2.02. The van der Waals surface area contributed by atoms with Gasteiger partial charge in [0.15, 0.2) is 0 Å². The Hall–Kier alpha value is 0.0700. The van der Waals surface area contributed by atoms with Crippen LogP contribution in [0, 0.1) is 0 Å². The molecular formula is C10H12Cl2O2S. The zero-order valence-electron chi connectivity index (χ0n) is 8.08. The van der Waals surface area contributed by atoms with Gasteiger partial charge in [0.2, 0.25) is 0 Å². The molecule has 0 atom stereocenters. The fraction of sp³-hybridized carbons (Fsp3) is 0.400. The van der Waals surface area contributed by atoms with E-state index >= 15 is 0 Å². The molecule has 0 saturated carbocycles. The highest BCUT2D eigenvalue weighted by atomic mass is 35.5. The second kappa shape index (κ2) is 7.36. The molecule has 0 bridgehead atoms. The Morgan fingerprint density at radius 3 is 2.80 bits per heavy atom. The minimum Gasteiger partial charge on any atom is -0.394 e. The van der Waals surface area contributed by atoms with Crippen molar-refractivity contribution in [3.8, 4) is 0 Å². The fourth-order valence-electron chi connectivity index (χ4n) is 0.965. The molecule has 0 aliphatic rings. The van der Waals surface area contributed by atoms with Crippen molar-refractivity contribution in [3.63, 3.8) is 0 Å². The standard InChI is InChI=1S/C10H12Cl2O2S/c11-8-1-2-9(12)10(7-8)15-6-5-14-4-3-13/h1-2,7,13H,3-6H2. The van der Waals surface area contributed by atoms with Crippen molar-refractivity contribution in [2.75, 3.05) is 25.6 Å². The summed E-state index contributed by atoms with van der Waals surface area (Å²) in [6.45, 7) is 1.03. The van der Waals surface area contributed by atoms with Gasteiger partial charge in [0.1, 0.15) is 0 Å². The van der Waals surface area contributed by atoms with Crippen LogP contribution in [0.3, 0.4) is 0 Å². The fourth-order valence-corrected chi connectivity index (χ4v) is 2.32. The smallest absolute Gasteiger partial charge is 0.0698 e. The number of thioether (sulfide) groups is 1. The van der Waals surface area contributed by atoms with Crippen LogP contribution >= 0.6 is 35.0 Å². The summed E-state index contributed by atoms with van der Waals surface area (Å²) >= 11 is 13.4. The summed E-state index contributed by atoms with van der Waals surface area (Å²) in [5, 5.41) is 9.87. The van der Waals surface area contributed by atoms with Crippen molar-refractivity contribution < 1.29 is 9.84 Å². The summed E-state index contributed by atoms with van der Waals surface area (Å²) in [5.74, 6) is 0.792. The average molecular weight is 267 g/mol. The van der Waals surface area contributed by atoms with Crippen molar-refractivity contribution in [1.29, 1.82) is 0 Å². The van der Waals surface area contributed by atoms with Gasteiger partial charge in [0.25, 0.3) is 0 Å². The van der Waals surface area contributed by atoms with Crippen LogP contribution in [0.15, 0.2) is 23.1 Å². The Kier molecular flexibility index (Phi) is 6.45. The predicted molar refractivity (Wildman–Crippen MR) is 65.1 cm³/mol. The van der Waals surface area contributed by atoms with Gasteiger partial charge >= 0.3 is 0 Å². The lowest BCUT2D eigenvalue weighted by Gasteiger charge is -2.05. The lowest BCUT2D eigenvalue weighted by molar-refractivity contribution is 0.103. The maximum absolute atomic E-state index is 8.49. The molecular weight excluding hydrogens is 255 g/mol. The molecule has 0 radical (unpaired) electrons. The van der Waals surface area contributed by atoms with E-state index in [1.165, 1.54) is 0 Å². The number of halogens is 2. The number of hydrogen-bond donors (Lipinski definition) is 1. The van der Waals surface area contributed by atoms with Gasteiger partial charge in [0, 0.05) is 15.7 Å². The molecule has 15 heavy (non-hydrogen) atoms. The summed E-state index contributed by atoms with van der Waals surface area (Å²) in [4.78, 5) is 0.955. The Morgan fingerprint density at radius 2 is 2.07 bits per heavy atom. The molecule has 1 N–H and O–H groups in total. The predicted octanol–water partition coefficient (Wildman–Crippen LogP) is 3.09. The number of aliphatic hydroxyl groups excluding tert-OH is 1. The van der Waals surface area contributed by atoms with E-state index in [-0.39, 0.29) is 6.61 Å². The summed E-state index contributed by atoms with van der Waals surface area (Å²) in [6.07, 6.45) is 0. The molecule has 1 aromatic carbocycles. The Morgan fingerprint density at radius 1 is 1.27 bits per heavy atom. The van der Waals surface area contributed by atoms with Gasteiger partial charge in [-0.3, -0.25) is 0 Å². The van der Waals surface area contributed by atoms with Gasteiger partial charge < -0.3 is 9.84 Å². The third-order valence-electron chi connectivity index (χ3n) is 1.61. The van der Waals surface area contributed by atoms with E-state index in [1.807, 2.05) is 6.07 Å². The SMILES string of the molecule is OCCOCCSc1cc(Cl)ccc1Cl. The maximum Gasteiger partial charge on any atom is 0.0698 e. The van der Waals surface area contributed by atoms with Crippen LogP contribution < -0.4 is 0 Å². The van der Waals surface area contributed by atoms with Gasteiger partial charge in [-0.1, -0.05) is 23.2 Å². The van der Waals surface area contributed by atoms with Crippen LogP contribution in [0.1, 0.15) is 0 Å². The molecule has 0 aliphatic heterocycles. The van der Waals surface area contributed by atoms with E-state index in [4.69, 9.17) is 33.0 Å². The molecule has 0 heterocycles. The maximum atomic E-state index is 8.49. The molecule has 0 fully saturated rings. The van der Waals surface area contributed by atoms with Crippen LogP contribution in [-0.4, -0.2) is 30.7 Å². The van der Waals surface area contributed by atoms with Gasteiger partial charge in [-0.2, -0.15) is 0 Å². The highest BCUT2D eigenvalue weighted by Crippen LogP contribution is 2.29. The zero-order valence-corrected chi connectivity index (χ0v) is 10.4. The first kappa shape index (κ1) is 13.1. The molecule has 0 spiro atoms. The largest absolute Gasteiger partial charge is 0.394 e. The van der Waals surface area contributed by atoms with Crippen LogP contribution in [0.25, 0.3) is 0 Å². The first-order valence-electron chi connectivity index (χ1n) is 4.50. The minimum atomic E-state index is 0.0581. The van der Waals surface area contributed by atoms with Crippen molar-refractivity contribution >= 4 is 35.0 Å². The third-order valence-corrected chi connectivity index (χ3v) is 3.31. The summed E-state index contributed by atoms with van der Waals surface area (Å²) in [7, 11) is 0. The first-order chi connectivity index (χ1) is 7.24. The Labute approximate surface area is 104 Å². The number of ether oxygens (including phenoxy) is 1. The van der Waals surface area contributed by atoms with Crippen LogP contribution in [-0.2, 0) is 4.74 Å². The number of rotatable bonds is 6. The third kappa shape index (κ3) is 5.09. The first-order valence-corrected chi connectivity index (χ1v) is 6.24. The van der Waals surface area contributed by atoms with Gasteiger partial charge in [-0.15, -0.1) is 11.8 Å². The van der Waals surface area contributed by atoms with Gasteiger partial charge in [-0.05, 0) is 18.2 Å². The quantitative estimate of drug-likeness (QED) is 0.634. The molecule has 1 aromatic rings. The summed E-state index contributed by atoms with van der Waals surface area (Å²) in [6, 6.07) is 5.37. The second-order valence-corrected chi connectivity index (χ2v) is 4.74. The Bertz CT molecular complexity index is 307.